The second-order valence-corrected chi connectivity index (χ2v) is 3.98. The molecule has 1 aromatic heterocycles. The lowest BCUT2D eigenvalue weighted by Crippen LogP contribution is -2.07. The smallest absolute Gasteiger partial charge is 0.358 e. The third kappa shape index (κ3) is 3.44. The van der Waals surface area contributed by atoms with Gasteiger partial charge >= 0.3 is 5.97 Å². The van der Waals surface area contributed by atoms with Gasteiger partial charge in [-0.15, -0.1) is 0 Å². The maximum Gasteiger partial charge on any atom is 0.358 e. The number of nitrogens with one attached hydrogen (secondary N) is 1. The molecule has 104 valence electrons. The average molecular weight is 273 g/mol. The Morgan fingerprint density at radius 1 is 1.15 bits per heavy atom. The number of ether oxygens (including phenoxy) is 2. The molecule has 6 nitrogen and oxygen atoms in total. The molecule has 0 spiro atoms. The molecule has 0 aliphatic heterocycles. The van der Waals surface area contributed by atoms with Crippen LogP contribution in [0, 0.1) is 0 Å². The van der Waals surface area contributed by atoms with Crippen LogP contribution in [0.1, 0.15) is 16.1 Å². The molecule has 0 saturated carbocycles. The molecule has 1 N–H and O–H groups in total. The van der Waals surface area contributed by atoms with Crippen LogP contribution in [-0.2, 0) is 11.3 Å². The highest BCUT2D eigenvalue weighted by Gasteiger charge is 2.07. The van der Waals surface area contributed by atoms with E-state index in [1.54, 1.807) is 7.11 Å². The Balaban J connectivity index is 1.94. The van der Waals surface area contributed by atoms with E-state index >= 15 is 0 Å². The van der Waals surface area contributed by atoms with Crippen molar-refractivity contribution < 1.29 is 14.3 Å². The van der Waals surface area contributed by atoms with Crippen LogP contribution in [0.3, 0.4) is 0 Å². The molecule has 20 heavy (non-hydrogen) atoms. The Labute approximate surface area is 116 Å². The minimum absolute atomic E-state index is 0.183. The van der Waals surface area contributed by atoms with Crippen LogP contribution in [0.4, 0.5) is 5.82 Å². The third-order valence-electron chi connectivity index (χ3n) is 2.68. The number of methoxy groups -OCH3 is 2. The van der Waals surface area contributed by atoms with Gasteiger partial charge in [0.05, 0.1) is 26.6 Å². The summed E-state index contributed by atoms with van der Waals surface area (Å²) < 4.78 is 9.65. The largest absolute Gasteiger partial charge is 0.497 e. The SMILES string of the molecule is COC(=O)c1cnc(NCc2ccc(OC)cc2)cn1. The zero-order chi connectivity index (χ0) is 14.4. The second kappa shape index (κ2) is 6.51. The number of nitrogens with zero attached hydrogens (tertiary/aromatic N) is 2. The Kier molecular flexibility index (Phi) is 4.49. The molecule has 0 atom stereocenters. The van der Waals surface area contributed by atoms with Gasteiger partial charge in [-0.1, -0.05) is 12.1 Å². The molecule has 6 heteroatoms. The molecule has 0 fully saturated rings. The number of hydrogen-bond acceptors (Lipinski definition) is 6. The van der Waals surface area contributed by atoms with Crippen LogP contribution < -0.4 is 10.1 Å². The molecule has 0 aliphatic carbocycles. The van der Waals surface area contributed by atoms with Crippen LogP contribution >= 0.6 is 0 Å². The predicted molar refractivity (Wildman–Crippen MR) is 73.7 cm³/mol. The molecule has 0 saturated heterocycles. The van der Waals surface area contributed by atoms with Gasteiger partial charge in [-0.2, -0.15) is 0 Å². The lowest BCUT2D eigenvalue weighted by atomic mass is 10.2. The maximum absolute atomic E-state index is 11.2. The molecule has 2 rings (SSSR count). The summed E-state index contributed by atoms with van der Waals surface area (Å²) in [6.07, 6.45) is 2.87. The van der Waals surface area contributed by atoms with Gasteiger partial charge in [-0.3, -0.25) is 0 Å². The molecule has 0 radical (unpaired) electrons. The normalized spacial score (nSPS) is 9.90. The fourth-order valence-corrected chi connectivity index (χ4v) is 1.57. The predicted octanol–water partition coefficient (Wildman–Crippen LogP) is 1.88. The number of anilines is 1. The number of hydrogen-bond donors (Lipinski definition) is 1. The maximum atomic E-state index is 11.2. The first kappa shape index (κ1) is 13.8. The van der Waals surface area contributed by atoms with Crippen molar-refractivity contribution in [1.29, 1.82) is 0 Å². The van der Waals surface area contributed by atoms with E-state index in [1.807, 2.05) is 24.3 Å². The summed E-state index contributed by atoms with van der Waals surface area (Å²) in [5.41, 5.74) is 1.27. The van der Waals surface area contributed by atoms with Crippen molar-refractivity contribution in [3.63, 3.8) is 0 Å². The minimum Gasteiger partial charge on any atom is -0.497 e. The van der Waals surface area contributed by atoms with Gasteiger partial charge in [0.15, 0.2) is 5.69 Å². The summed E-state index contributed by atoms with van der Waals surface area (Å²) in [6.45, 7) is 0.607. The van der Waals surface area contributed by atoms with Gasteiger partial charge in [-0.05, 0) is 17.7 Å². The first-order chi connectivity index (χ1) is 9.72. The van der Waals surface area contributed by atoms with E-state index < -0.39 is 5.97 Å². The van der Waals surface area contributed by atoms with Crippen molar-refractivity contribution >= 4 is 11.8 Å². The van der Waals surface area contributed by atoms with E-state index in [4.69, 9.17) is 4.74 Å². The lowest BCUT2D eigenvalue weighted by molar-refractivity contribution is 0.0593. The van der Waals surface area contributed by atoms with Crippen LogP contribution in [-0.4, -0.2) is 30.2 Å². The topological polar surface area (TPSA) is 73.3 Å². The summed E-state index contributed by atoms with van der Waals surface area (Å²) in [4.78, 5) is 19.3. The zero-order valence-corrected chi connectivity index (χ0v) is 11.3. The summed E-state index contributed by atoms with van der Waals surface area (Å²) in [7, 11) is 2.94. The second-order valence-electron chi connectivity index (χ2n) is 3.98. The van der Waals surface area contributed by atoms with Gasteiger partial charge in [0.2, 0.25) is 0 Å². The minimum atomic E-state index is -0.501. The Morgan fingerprint density at radius 2 is 1.90 bits per heavy atom. The van der Waals surface area contributed by atoms with Crippen LogP contribution in [0.2, 0.25) is 0 Å². The van der Waals surface area contributed by atoms with Crippen LogP contribution in [0.5, 0.6) is 5.75 Å². The van der Waals surface area contributed by atoms with Crippen LogP contribution in [0.25, 0.3) is 0 Å². The molecule has 1 aromatic carbocycles. The molecular weight excluding hydrogens is 258 g/mol. The number of aromatic nitrogens is 2. The fourth-order valence-electron chi connectivity index (χ4n) is 1.57. The molecular formula is C14H15N3O3. The monoisotopic (exact) mass is 273 g/mol. The molecule has 2 aromatic rings. The van der Waals surface area contributed by atoms with E-state index in [0.717, 1.165) is 11.3 Å². The Hall–Kier alpha value is -2.63. The zero-order valence-electron chi connectivity index (χ0n) is 11.3. The lowest BCUT2D eigenvalue weighted by Gasteiger charge is -2.06. The van der Waals surface area contributed by atoms with Crippen molar-refractivity contribution in [2.75, 3.05) is 19.5 Å². The van der Waals surface area contributed by atoms with Gasteiger partial charge in [0, 0.05) is 6.54 Å². The number of carbonyl (C=O) groups is 1. The summed E-state index contributed by atoms with van der Waals surface area (Å²) in [5.74, 6) is 0.906. The highest BCUT2D eigenvalue weighted by atomic mass is 16.5. The highest BCUT2D eigenvalue weighted by molar-refractivity contribution is 5.86. The van der Waals surface area contributed by atoms with E-state index in [9.17, 15) is 4.79 Å². The van der Waals surface area contributed by atoms with Crippen molar-refractivity contribution in [2.45, 2.75) is 6.54 Å². The summed E-state index contributed by atoms with van der Waals surface area (Å²) in [6, 6.07) is 7.70. The number of benzene rings is 1. The van der Waals surface area contributed by atoms with Gasteiger partial charge < -0.3 is 14.8 Å². The third-order valence-corrected chi connectivity index (χ3v) is 2.68. The summed E-state index contributed by atoms with van der Waals surface area (Å²) in [5, 5.41) is 3.12. The van der Waals surface area contributed by atoms with Gasteiger partial charge in [0.1, 0.15) is 11.6 Å². The van der Waals surface area contributed by atoms with E-state index in [2.05, 4.69) is 20.0 Å². The summed E-state index contributed by atoms with van der Waals surface area (Å²) >= 11 is 0. The Bertz CT molecular complexity index is 567. The van der Waals surface area contributed by atoms with Gasteiger partial charge in [0.25, 0.3) is 0 Å². The first-order valence-corrected chi connectivity index (χ1v) is 6.00. The quantitative estimate of drug-likeness (QED) is 0.838. The average Bonchev–Trinajstić information content (AvgIpc) is 2.53. The first-order valence-electron chi connectivity index (χ1n) is 6.00. The molecule has 1 heterocycles. The number of esters is 1. The fraction of sp³-hybridized carbons (Fsp3) is 0.214. The molecule has 0 unspecified atom stereocenters. The standard InChI is InChI=1S/C14H15N3O3/c1-19-11-5-3-10(4-6-11)7-16-13-9-15-12(8-17-13)14(18)20-2/h3-6,8-9H,7H2,1-2H3,(H,16,17). The van der Waals surface area contributed by atoms with Gasteiger partial charge in [-0.25, -0.2) is 14.8 Å². The number of carbonyl (C=O) groups excluding carboxylic acids is 1. The van der Waals surface area contributed by atoms with Crippen molar-refractivity contribution in [1.82, 2.24) is 9.97 Å². The van der Waals surface area contributed by atoms with Crippen LogP contribution in [0.15, 0.2) is 36.7 Å². The molecule has 0 amide bonds. The van der Waals surface area contributed by atoms with Crippen molar-refractivity contribution in [3.05, 3.63) is 47.9 Å². The van der Waals surface area contributed by atoms with E-state index in [0.29, 0.717) is 12.4 Å². The molecule has 0 bridgehead atoms. The van der Waals surface area contributed by atoms with Crippen molar-refractivity contribution in [3.8, 4) is 5.75 Å². The molecule has 0 aliphatic rings. The van der Waals surface area contributed by atoms with E-state index in [-0.39, 0.29) is 5.69 Å². The Morgan fingerprint density at radius 3 is 2.45 bits per heavy atom. The number of rotatable bonds is 5. The highest BCUT2D eigenvalue weighted by Crippen LogP contribution is 2.12. The van der Waals surface area contributed by atoms with E-state index in [1.165, 1.54) is 19.5 Å². The van der Waals surface area contributed by atoms with Crippen molar-refractivity contribution in [2.24, 2.45) is 0 Å².